The van der Waals surface area contributed by atoms with Gasteiger partial charge < -0.3 is 9.47 Å². The molecule has 0 amide bonds. The van der Waals surface area contributed by atoms with Gasteiger partial charge in [0.1, 0.15) is 11.9 Å². The molecule has 0 fully saturated rings. The van der Waals surface area contributed by atoms with Gasteiger partial charge in [-0.1, -0.05) is 62.2 Å². The normalized spacial score (nSPS) is 12.5. The number of unbranched alkanes of at least 4 members (excludes halogenated alkanes) is 2. The van der Waals surface area contributed by atoms with E-state index < -0.39 is 6.10 Å². The molecule has 0 aliphatic rings. The maximum Gasteiger partial charge on any atom is 0.343 e. The Morgan fingerprint density at radius 1 is 0.771 bits per heavy atom. The van der Waals surface area contributed by atoms with Gasteiger partial charge in [-0.05, 0) is 80.1 Å². The Morgan fingerprint density at radius 3 is 2.03 bits per heavy atom. The van der Waals surface area contributed by atoms with E-state index in [1.54, 1.807) is 36.4 Å². The number of benzene rings is 3. The minimum atomic E-state index is -0.417. The highest BCUT2D eigenvalue weighted by atomic mass is 35.5. The molecule has 0 saturated heterocycles. The molecule has 3 rings (SSSR count). The number of esters is 2. The van der Waals surface area contributed by atoms with Crippen LogP contribution in [0.15, 0.2) is 78.9 Å². The number of aryl methyl sites for hydroxylation is 2. The van der Waals surface area contributed by atoms with Crippen molar-refractivity contribution in [1.29, 1.82) is 0 Å². The monoisotopic (exact) mass is 492 g/mol. The van der Waals surface area contributed by atoms with E-state index in [0.29, 0.717) is 23.3 Å². The molecule has 0 aromatic heterocycles. The van der Waals surface area contributed by atoms with Gasteiger partial charge in [0.2, 0.25) is 0 Å². The van der Waals surface area contributed by atoms with Crippen LogP contribution in [0, 0.1) is 0 Å². The lowest BCUT2D eigenvalue weighted by molar-refractivity contribution is 0.0328. The quantitative estimate of drug-likeness (QED) is 0.114. The molecular weight excluding hydrogens is 460 g/mol. The Hall–Kier alpha value is -3.11. The molecule has 0 heterocycles. The molecule has 5 heteroatoms. The summed E-state index contributed by atoms with van der Waals surface area (Å²) in [6, 6.07) is 23.9. The van der Waals surface area contributed by atoms with Crippen LogP contribution < -0.4 is 4.74 Å². The predicted molar refractivity (Wildman–Crippen MR) is 140 cm³/mol. The molecule has 0 aliphatic carbocycles. The molecule has 184 valence electrons. The highest BCUT2D eigenvalue weighted by Gasteiger charge is 2.20. The van der Waals surface area contributed by atoms with E-state index in [9.17, 15) is 9.59 Å². The van der Waals surface area contributed by atoms with Crippen molar-refractivity contribution in [1.82, 2.24) is 0 Å². The maximum absolute atomic E-state index is 12.5. The molecule has 3 aromatic carbocycles. The molecule has 2 atom stereocenters. The SMILES string of the molecule is CCCCCc1ccc(C(=O)OC(C)C(Cl)CCc2ccc(OC(=O)c3ccccc3)cc2)cc1. The van der Waals surface area contributed by atoms with E-state index >= 15 is 0 Å². The van der Waals surface area contributed by atoms with E-state index in [2.05, 4.69) is 6.92 Å². The second kappa shape index (κ2) is 13.7. The minimum Gasteiger partial charge on any atom is -0.458 e. The fourth-order valence-corrected chi connectivity index (χ4v) is 3.86. The molecule has 0 aliphatic heterocycles. The van der Waals surface area contributed by atoms with Crippen molar-refractivity contribution in [2.45, 2.75) is 63.9 Å². The first kappa shape index (κ1) is 26.5. The summed E-state index contributed by atoms with van der Waals surface area (Å²) >= 11 is 6.53. The number of hydrogen-bond donors (Lipinski definition) is 0. The Labute approximate surface area is 213 Å². The minimum absolute atomic E-state index is 0.317. The summed E-state index contributed by atoms with van der Waals surface area (Å²) in [7, 11) is 0. The van der Waals surface area contributed by atoms with E-state index in [-0.39, 0.29) is 17.3 Å². The second-order valence-electron chi connectivity index (χ2n) is 8.72. The van der Waals surface area contributed by atoms with Gasteiger partial charge >= 0.3 is 11.9 Å². The van der Waals surface area contributed by atoms with E-state index in [4.69, 9.17) is 21.1 Å². The summed E-state index contributed by atoms with van der Waals surface area (Å²) < 4.78 is 11.0. The van der Waals surface area contributed by atoms with Crippen LogP contribution in [-0.4, -0.2) is 23.4 Å². The van der Waals surface area contributed by atoms with Crippen molar-refractivity contribution in [3.63, 3.8) is 0 Å². The van der Waals surface area contributed by atoms with Crippen LogP contribution in [0.25, 0.3) is 0 Å². The fourth-order valence-electron chi connectivity index (χ4n) is 3.70. The van der Waals surface area contributed by atoms with Gasteiger partial charge in [0.25, 0.3) is 0 Å². The number of halogens is 1. The third-order valence-corrected chi connectivity index (χ3v) is 6.49. The zero-order chi connectivity index (χ0) is 25.0. The number of alkyl halides is 1. The molecule has 0 radical (unpaired) electrons. The molecule has 0 N–H and O–H groups in total. The van der Waals surface area contributed by atoms with Crippen molar-refractivity contribution in [3.05, 3.63) is 101 Å². The Kier molecular flexibility index (Phi) is 10.4. The van der Waals surface area contributed by atoms with Crippen LogP contribution in [0.3, 0.4) is 0 Å². The Bertz CT molecular complexity index is 1060. The van der Waals surface area contributed by atoms with Crippen LogP contribution in [0.2, 0.25) is 0 Å². The van der Waals surface area contributed by atoms with Gasteiger partial charge in [-0.2, -0.15) is 0 Å². The summed E-state index contributed by atoms with van der Waals surface area (Å²) in [6.07, 6.45) is 5.54. The van der Waals surface area contributed by atoms with Gasteiger partial charge in [-0.25, -0.2) is 9.59 Å². The highest BCUT2D eigenvalue weighted by molar-refractivity contribution is 6.21. The summed E-state index contributed by atoms with van der Waals surface area (Å²) in [5, 5.41) is -0.317. The summed E-state index contributed by atoms with van der Waals surface area (Å²) in [5.74, 6) is -0.252. The Morgan fingerprint density at radius 2 is 1.37 bits per heavy atom. The highest BCUT2D eigenvalue weighted by Crippen LogP contribution is 2.20. The number of hydrogen-bond acceptors (Lipinski definition) is 4. The molecule has 3 aromatic rings. The van der Waals surface area contributed by atoms with Crippen LogP contribution in [0.5, 0.6) is 5.75 Å². The smallest absolute Gasteiger partial charge is 0.343 e. The van der Waals surface area contributed by atoms with Crippen molar-refractivity contribution in [2.75, 3.05) is 0 Å². The van der Waals surface area contributed by atoms with Crippen LogP contribution in [0.1, 0.15) is 71.4 Å². The standard InChI is InChI=1S/C30H33ClO4/c1-3-4-6-9-23-12-17-26(18-13-23)29(32)34-22(2)28(31)21-16-24-14-19-27(20-15-24)35-30(33)25-10-7-5-8-11-25/h5,7-8,10-15,17-20,22,28H,3-4,6,9,16,21H2,1-2H3. The molecule has 0 spiro atoms. The van der Waals surface area contributed by atoms with E-state index in [1.807, 2.05) is 49.4 Å². The van der Waals surface area contributed by atoms with Gasteiger partial charge in [-0.3, -0.25) is 0 Å². The third-order valence-electron chi connectivity index (χ3n) is 5.91. The lowest BCUT2D eigenvalue weighted by atomic mass is 10.0. The molecule has 35 heavy (non-hydrogen) atoms. The van der Waals surface area contributed by atoms with Crippen molar-refractivity contribution < 1.29 is 19.1 Å². The maximum atomic E-state index is 12.5. The van der Waals surface area contributed by atoms with Gasteiger partial charge in [0.05, 0.1) is 16.5 Å². The zero-order valence-corrected chi connectivity index (χ0v) is 21.2. The third kappa shape index (κ3) is 8.56. The van der Waals surface area contributed by atoms with Gasteiger partial charge in [-0.15, -0.1) is 11.6 Å². The Balaban J connectivity index is 1.43. The first-order valence-corrected chi connectivity index (χ1v) is 12.7. The van der Waals surface area contributed by atoms with Crippen LogP contribution in [-0.2, 0) is 17.6 Å². The number of carbonyl (C=O) groups excluding carboxylic acids is 2. The molecule has 0 bridgehead atoms. The number of carbonyl (C=O) groups is 2. The average Bonchev–Trinajstić information content (AvgIpc) is 2.89. The van der Waals surface area contributed by atoms with Crippen molar-refractivity contribution in [2.24, 2.45) is 0 Å². The molecular formula is C30H33ClO4. The first-order chi connectivity index (χ1) is 17.0. The second-order valence-corrected chi connectivity index (χ2v) is 9.28. The molecule has 2 unspecified atom stereocenters. The topological polar surface area (TPSA) is 52.6 Å². The van der Waals surface area contributed by atoms with Crippen molar-refractivity contribution >= 4 is 23.5 Å². The van der Waals surface area contributed by atoms with Gasteiger partial charge in [0, 0.05) is 0 Å². The number of rotatable bonds is 12. The average molecular weight is 493 g/mol. The van der Waals surface area contributed by atoms with E-state index in [1.165, 1.54) is 18.4 Å². The summed E-state index contributed by atoms with van der Waals surface area (Å²) in [5.41, 5.74) is 3.35. The fraction of sp³-hybridized carbons (Fsp3) is 0.333. The van der Waals surface area contributed by atoms with Gasteiger partial charge in [0.15, 0.2) is 0 Å². The number of ether oxygens (including phenoxy) is 2. The first-order valence-electron chi connectivity index (χ1n) is 12.3. The lowest BCUT2D eigenvalue weighted by Crippen LogP contribution is -2.25. The van der Waals surface area contributed by atoms with Crippen LogP contribution in [0.4, 0.5) is 0 Å². The lowest BCUT2D eigenvalue weighted by Gasteiger charge is -2.19. The van der Waals surface area contributed by atoms with E-state index in [0.717, 1.165) is 24.8 Å². The summed E-state index contributed by atoms with van der Waals surface area (Å²) in [4.78, 5) is 24.7. The molecule has 4 nitrogen and oxygen atoms in total. The zero-order valence-electron chi connectivity index (χ0n) is 20.4. The summed E-state index contributed by atoms with van der Waals surface area (Å²) in [6.45, 7) is 4.01. The predicted octanol–water partition coefficient (Wildman–Crippen LogP) is 7.42. The van der Waals surface area contributed by atoms with Crippen molar-refractivity contribution in [3.8, 4) is 5.75 Å². The van der Waals surface area contributed by atoms with Crippen LogP contribution >= 0.6 is 11.6 Å². The molecule has 0 saturated carbocycles. The largest absolute Gasteiger partial charge is 0.458 e.